The van der Waals surface area contributed by atoms with Crippen molar-refractivity contribution < 1.29 is 33.5 Å². The minimum atomic E-state index is -4.94. The van der Waals surface area contributed by atoms with Gasteiger partial charge in [-0.3, -0.25) is 18.9 Å². The molecule has 1 fully saturated rings. The third-order valence-corrected chi connectivity index (χ3v) is 4.54. The van der Waals surface area contributed by atoms with Crippen LogP contribution in [0.1, 0.15) is 6.23 Å². The molecule has 0 radical (unpaired) electrons. The van der Waals surface area contributed by atoms with E-state index in [0.717, 1.165) is 13.4 Å². The van der Waals surface area contributed by atoms with Crippen molar-refractivity contribution in [3.05, 3.63) is 27.1 Å². The van der Waals surface area contributed by atoms with Gasteiger partial charge in [-0.25, -0.2) is 9.55 Å². The molecule has 1 aliphatic heterocycles. The number of nitrogens with two attached hydrogens (primary N) is 1. The molecular formula is C11H15N8O8P. The number of imidazole rings is 1. The van der Waals surface area contributed by atoms with Gasteiger partial charge >= 0.3 is 7.82 Å². The lowest BCUT2D eigenvalue weighted by Gasteiger charge is -2.30. The Morgan fingerprint density at radius 3 is 2.93 bits per heavy atom. The minimum absolute atomic E-state index is 0.0422. The van der Waals surface area contributed by atoms with Gasteiger partial charge in [-0.05, 0) is 5.53 Å². The summed E-state index contributed by atoms with van der Waals surface area (Å²) in [7, 11) is -3.84. The van der Waals surface area contributed by atoms with Crippen molar-refractivity contribution in [1.82, 2.24) is 19.5 Å². The number of aliphatic hydroxyl groups is 1. The smallest absolute Gasteiger partial charge is 0.387 e. The van der Waals surface area contributed by atoms with Crippen LogP contribution in [0.25, 0.3) is 21.6 Å². The molecule has 0 unspecified atom stereocenters. The molecule has 3 heterocycles. The first-order valence-electron chi connectivity index (χ1n) is 7.49. The number of methoxy groups -OCH3 is 1. The number of aromatic nitrogens is 4. The lowest BCUT2D eigenvalue weighted by atomic mass is 10.1. The lowest BCUT2D eigenvalue weighted by Crippen LogP contribution is -2.48. The number of anilines is 1. The molecule has 0 aliphatic carbocycles. The summed E-state index contributed by atoms with van der Waals surface area (Å²) in [5, 5.41) is 14.0. The normalized spacial score (nSPS) is 27.8. The number of hydrogen-bond acceptors (Lipinski definition) is 10. The van der Waals surface area contributed by atoms with E-state index in [1.807, 2.05) is 0 Å². The highest BCUT2D eigenvalue weighted by Gasteiger charge is 2.57. The average molecular weight is 418 g/mol. The number of phosphoric acid groups is 1. The van der Waals surface area contributed by atoms with Gasteiger partial charge in [0.2, 0.25) is 11.7 Å². The van der Waals surface area contributed by atoms with Crippen molar-refractivity contribution in [3.8, 4) is 0 Å². The molecule has 4 atom stereocenters. The standard InChI is InChI=1S/C11H15N8O8P/c1-25-11(2-26-28(22,23)24)6(20)4(17-18-13)9(27-11)19-3-14-5-7(19)15-10(12)16-8(5)21/h3-4,6,9,20H,2H2,1H3,(H2,22,23,24)(H3,12,15,16,21)/t4-,6-,9+,11+/m0/s1. The topological polar surface area (TPSA) is 244 Å². The van der Waals surface area contributed by atoms with Crippen molar-refractivity contribution in [1.29, 1.82) is 0 Å². The molecule has 2 aromatic rings. The van der Waals surface area contributed by atoms with Gasteiger partial charge in [0.05, 0.1) is 6.33 Å². The SMILES string of the molecule is CO[C@]1(COP(=O)(O)O)O[C@@H](n2cnc3c(=O)[nH]c(N)nc32)[C@@H](N=[N+]=[N-])[C@@H]1O. The first-order chi connectivity index (χ1) is 13.1. The van der Waals surface area contributed by atoms with Crippen LogP contribution >= 0.6 is 7.82 Å². The largest absolute Gasteiger partial charge is 0.469 e. The fourth-order valence-corrected chi connectivity index (χ4v) is 3.16. The summed E-state index contributed by atoms with van der Waals surface area (Å²) < 4.78 is 27.3. The summed E-state index contributed by atoms with van der Waals surface area (Å²) >= 11 is 0. The Labute approximate surface area is 154 Å². The predicted molar refractivity (Wildman–Crippen MR) is 89.4 cm³/mol. The summed E-state index contributed by atoms with van der Waals surface area (Å²) in [5.41, 5.74) is 13.6. The van der Waals surface area contributed by atoms with Crippen LogP contribution < -0.4 is 11.3 Å². The van der Waals surface area contributed by atoms with E-state index in [4.69, 9.17) is 30.5 Å². The number of azide groups is 1. The number of hydrogen-bond donors (Lipinski definition) is 5. The van der Waals surface area contributed by atoms with Crippen molar-refractivity contribution >= 4 is 24.9 Å². The summed E-state index contributed by atoms with van der Waals surface area (Å²) in [4.78, 5) is 42.5. The van der Waals surface area contributed by atoms with Gasteiger partial charge in [0.15, 0.2) is 17.4 Å². The van der Waals surface area contributed by atoms with Crippen LogP contribution in [-0.4, -0.2) is 66.1 Å². The first-order valence-corrected chi connectivity index (χ1v) is 9.02. The van der Waals surface area contributed by atoms with Gasteiger partial charge in [0.25, 0.3) is 5.56 Å². The maximum absolute atomic E-state index is 11.9. The zero-order valence-corrected chi connectivity index (χ0v) is 15.0. The van der Waals surface area contributed by atoms with Crippen molar-refractivity contribution in [2.45, 2.75) is 24.2 Å². The molecule has 1 saturated heterocycles. The average Bonchev–Trinajstić information content (AvgIpc) is 3.14. The van der Waals surface area contributed by atoms with Crippen molar-refractivity contribution in [2.24, 2.45) is 5.11 Å². The highest BCUT2D eigenvalue weighted by molar-refractivity contribution is 7.46. The number of nitrogens with zero attached hydrogens (tertiary/aromatic N) is 6. The van der Waals surface area contributed by atoms with Crippen molar-refractivity contribution in [2.75, 3.05) is 19.5 Å². The highest BCUT2D eigenvalue weighted by atomic mass is 31.2. The third-order valence-electron chi connectivity index (χ3n) is 4.08. The van der Waals surface area contributed by atoms with Gasteiger partial charge in [0, 0.05) is 12.0 Å². The summed E-state index contributed by atoms with van der Waals surface area (Å²) in [6.45, 7) is -0.897. The van der Waals surface area contributed by atoms with Crippen LogP contribution in [0.5, 0.6) is 0 Å². The Bertz CT molecular complexity index is 1040. The van der Waals surface area contributed by atoms with E-state index >= 15 is 0 Å². The number of fused-ring (bicyclic) bond motifs is 1. The number of nitrogens with one attached hydrogen (secondary N) is 1. The molecule has 3 rings (SSSR count). The molecule has 28 heavy (non-hydrogen) atoms. The van der Waals surface area contributed by atoms with Crippen LogP contribution in [0.15, 0.2) is 16.2 Å². The number of H-pyrrole nitrogens is 1. The van der Waals surface area contributed by atoms with E-state index in [0.29, 0.717) is 0 Å². The number of ether oxygens (including phenoxy) is 2. The summed E-state index contributed by atoms with van der Waals surface area (Å²) in [6, 6.07) is -1.36. The molecule has 2 aromatic heterocycles. The van der Waals surface area contributed by atoms with Crippen molar-refractivity contribution in [3.63, 3.8) is 0 Å². The maximum atomic E-state index is 11.9. The molecule has 6 N–H and O–H groups in total. The van der Waals surface area contributed by atoms with Crippen LogP contribution in [0.3, 0.4) is 0 Å². The second kappa shape index (κ2) is 7.12. The van der Waals surface area contributed by atoms with Gasteiger partial charge in [0.1, 0.15) is 18.8 Å². The van der Waals surface area contributed by atoms with Crippen LogP contribution in [0, 0.1) is 0 Å². The Hall–Kier alpha value is -2.55. The van der Waals surface area contributed by atoms with E-state index in [1.165, 1.54) is 4.57 Å². The fraction of sp³-hybridized carbons (Fsp3) is 0.545. The molecule has 0 amide bonds. The number of phosphoric ester groups is 1. The molecule has 16 nitrogen and oxygen atoms in total. The molecule has 0 bridgehead atoms. The Morgan fingerprint density at radius 2 is 2.32 bits per heavy atom. The van der Waals surface area contributed by atoms with Crippen LogP contribution in [0.2, 0.25) is 0 Å². The molecule has 0 spiro atoms. The highest BCUT2D eigenvalue weighted by Crippen LogP contribution is 2.44. The summed E-state index contributed by atoms with van der Waals surface area (Å²) in [5.74, 6) is -2.32. The Kier molecular flexibility index (Phi) is 5.14. The minimum Gasteiger partial charge on any atom is -0.387 e. The van der Waals surface area contributed by atoms with Gasteiger partial charge < -0.3 is 30.1 Å². The van der Waals surface area contributed by atoms with E-state index in [2.05, 4.69) is 29.5 Å². The van der Waals surface area contributed by atoms with Crippen LogP contribution in [-0.2, 0) is 18.6 Å². The molecule has 0 aromatic carbocycles. The Morgan fingerprint density at radius 1 is 1.61 bits per heavy atom. The number of nitrogen functional groups attached to an aromatic ring is 1. The molecule has 17 heteroatoms. The van der Waals surface area contributed by atoms with Gasteiger partial charge in [-0.15, -0.1) is 0 Å². The predicted octanol–water partition coefficient (Wildman–Crippen LogP) is -1.28. The third kappa shape index (κ3) is 3.46. The second-order valence-corrected chi connectivity index (χ2v) is 6.94. The zero-order valence-electron chi connectivity index (χ0n) is 14.1. The fourth-order valence-electron chi connectivity index (χ4n) is 2.81. The van der Waals surface area contributed by atoms with Gasteiger partial charge in [-0.1, -0.05) is 5.11 Å². The van der Waals surface area contributed by atoms with E-state index in [9.17, 15) is 14.5 Å². The Balaban J connectivity index is 2.08. The lowest BCUT2D eigenvalue weighted by molar-refractivity contribution is -0.266. The monoisotopic (exact) mass is 418 g/mol. The zero-order chi connectivity index (χ0) is 20.7. The van der Waals surface area contributed by atoms with E-state index in [1.54, 1.807) is 0 Å². The second-order valence-electron chi connectivity index (χ2n) is 5.70. The number of rotatable bonds is 6. The number of aliphatic hydroxyl groups excluding tert-OH is 1. The number of aromatic amines is 1. The van der Waals surface area contributed by atoms with Crippen LogP contribution in [0.4, 0.5) is 5.95 Å². The van der Waals surface area contributed by atoms with E-state index in [-0.39, 0.29) is 17.1 Å². The molecule has 0 saturated carbocycles. The first kappa shape index (κ1) is 20.2. The summed E-state index contributed by atoms with van der Waals surface area (Å²) in [6.07, 6.45) is -1.88. The molecular weight excluding hydrogens is 403 g/mol. The quantitative estimate of drug-likeness (QED) is 0.160. The molecule has 152 valence electrons. The molecule has 1 aliphatic rings. The van der Waals surface area contributed by atoms with Gasteiger partial charge in [-0.2, -0.15) is 4.98 Å². The van der Waals surface area contributed by atoms with E-state index < -0.39 is 44.1 Å². The maximum Gasteiger partial charge on any atom is 0.469 e.